The normalized spacial score (nSPS) is 12.0. The summed E-state index contributed by atoms with van der Waals surface area (Å²) < 4.78 is 15.8. The first-order valence-electron chi connectivity index (χ1n) is 18.8. The van der Waals surface area contributed by atoms with Crippen LogP contribution in [-0.2, 0) is 0 Å². The fraction of sp³-hybridized carbons (Fsp3) is 0. The highest BCUT2D eigenvalue weighted by molar-refractivity contribution is 6.28. The molecule has 3 heteroatoms. The predicted octanol–water partition coefficient (Wildman–Crippen LogP) is 14.7. The van der Waals surface area contributed by atoms with Crippen LogP contribution in [0, 0.1) is 0 Å². The lowest BCUT2D eigenvalue weighted by atomic mass is 9.84. The van der Waals surface area contributed by atoms with E-state index in [1.165, 1.54) is 60.0 Å². The molecular weight excluding hydrogens is 671 g/mol. The molecule has 0 N–H and O–H groups in total. The first-order valence-corrected chi connectivity index (χ1v) is 18.8. The van der Waals surface area contributed by atoms with Crippen LogP contribution in [0.2, 0.25) is 0 Å². The van der Waals surface area contributed by atoms with Gasteiger partial charge in [0.15, 0.2) is 0 Å². The molecular formula is C52H31NO2. The molecule has 0 aliphatic rings. The summed E-state index contributed by atoms with van der Waals surface area (Å²) in [5.41, 5.74) is 11.8. The molecule has 3 aromatic heterocycles. The van der Waals surface area contributed by atoms with Crippen molar-refractivity contribution in [3.8, 4) is 39.3 Å². The van der Waals surface area contributed by atoms with E-state index in [-0.39, 0.29) is 0 Å². The first-order chi connectivity index (χ1) is 27.3. The predicted molar refractivity (Wildman–Crippen MR) is 229 cm³/mol. The highest BCUT2D eigenvalue weighted by atomic mass is 16.3. The summed E-state index contributed by atoms with van der Waals surface area (Å²) in [7, 11) is 0. The van der Waals surface area contributed by atoms with E-state index in [2.05, 4.69) is 168 Å². The lowest BCUT2D eigenvalue weighted by molar-refractivity contribution is 0.631. The Bertz CT molecular complexity index is 3420. The van der Waals surface area contributed by atoms with Crippen LogP contribution in [0.15, 0.2) is 197 Å². The summed E-state index contributed by atoms with van der Waals surface area (Å²) in [5.74, 6) is 0.822. The van der Waals surface area contributed by atoms with Crippen molar-refractivity contribution in [1.82, 2.24) is 4.57 Å². The Hall–Kier alpha value is -7.36. The molecule has 12 aromatic rings. The number of furan rings is 2. The molecule has 0 amide bonds. The second-order valence-electron chi connectivity index (χ2n) is 14.4. The lowest BCUT2D eigenvalue weighted by Gasteiger charge is -2.18. The van der Waals surface area contributed by atoms with Gasteiger partial charge in [-0.1, -0.05) is 146 Å². The number of hydrogen-bond donors (Lipinski definition) is 0. The molecule has 0 aliphatic heterocycles. The van der Waals surface area contributed by atoms with Crippen molar-refractivity contribution in [2.45, 2.75) is 0 Å². The molecule has 3 nitrogen and oxygen atoms in total. The van der Waals surface area contributed by atoms with Crippen molar-refractivity contribution in [2.75, 3.05) is 0 Å². The number of nitrogens with zero attached hydrogens (tertiary/aromatic N) is 1. The van der Waals surface area contributed by atoms with Gasteiger partial charge < -0.3 is 13.4 Å². The quantitative estimate of drug-likeness (QED) is 0.171. The summed E-state index contributed by atoms with van der Waals surface area (Å²) in [6.45, 7) is 0. The SMILES string of the molecule is c1ccc(-c2cc3c(cc(-c4c5ccccc5c(-c5ccc6c7ccccc7n(-c7ccccc7)c6c5)c5ccccc45)c4c5ccccc5oc34)o2)cc1. The van der Waals surface area contributed by atoms with E-state index >= 15 is 0 Å². The van der Waals surface area contributed by atoms with Gasteiger partial charge in [-0.25, -0.2) is 0 Å². The molecule has 0 atom stereocenters. The zero-order valence-corrected chi connectivity index (χ0v) is 29.7. The third-order valence-corrected chi connectivity index (χ3v) is 11.4. The molecule has 0 unspecified atom stereocenters. The lowest BCUT2D eigenvalue weighted by Crippen LogP contribution is -1.94. The van der Waals surface area contributed by atoms with Crippen LogP contribution in [-0.4, -0.2) is 4.57 Å². The van der Waals surface area contributed by atoms with Crippen molar-refractivity contribution in [3.63, 3.8) is 0 Å². The van der Waals surface area contributed by atoms with Crippen LogP contribution >= 0.6 is 0 Å². The van der Waals surface area contributed by atoms with Crippen LogP contribution in [0.25, 0.3) is 116 Å². The van der Waals surface area contributed by atoms with Gasteiger partial charge in [-0.3, -0.25) is 0 Å². The Kier molecular flexibility index (Phi) is 6.34. The van der Waals surface area contributed by atoms with Crippen molar-refractivity contribution < 1.29 is 8.83 Å². The Labute approximate surface area is 315 Å². The second-order valence-corrected chi connectivity index (χ2v) is 14.4. The van der Waals surface area contributed by atoms with Crippen LogP contribution in [0.1, 0.15) is 0 Å². The van der Waals surface area contributed by atoms with E-state index in [4.69, 9.17) is 8.83 Å². The minimum Gasteiger partial charge on any atom is -0.456 e. The van der Waals surface area contributed by atoms with E-state index in [9.17, 15) is 0 Å². The van der Waals surface area contributed by atoms with Crippen molar-refractivity contribution >= 4 is 76.3 Å². The fourth-order valence-electron chi connectivity index (χ4n) is 9.05. The summed E-state index contributed by atoms with van der Waals surface area (Å²) in [6.07, 6.45) is 0. The molecule has 0 fully saturated rings. The summed E-state index contributed by atoms with van der Waals surface area (Å²) in [5, 5.41) is 10.4. The minimum atomic E-state index is 0.803. The summed E-state index contributed by atoms with van der Waals surface area (Å²) in [4.78, 5) is 0. The number of aromatic nitrogens is 1. The van der Waals surface area contributed by atoms with E-state index in [0.29, 0.717) is 0 Å². The maximum atomic E-state index is 6.75. The van der Waals surface area contributed by atoms with Gasteiger partial charge in [0.05, 0.1) is 16.4 Å². The average molecular weight is 702 g/mol. The van der Waals surface area contributed by atoms with E-state index < -0.39 is 0 Å². The maximum Gasteiger partial charge on any atom is 0.147 e. The van der Waals surface area contributed by atoms with Gasteiger partial charge in [0.2, 0.25) is 0 Å². The topological polar surface area (TPSA) is 31.2 Å². The number of benzene rings is 9. The van der Waals surface area contributed by atoms with Gasteiger partial charge in [0.25, 0.3) is 0 Å². The highest BCUT2D eigenvalue weighted by Gasteiger charge is 2.24. The molecule has 9 aromatic carbocycles. The average Bonchev–Trinajstić information content (AvgIpc) is 3.95. The molecule has 0 bridgehead atoms. The molecule has 12 rings (SSSR count). The van der Waals surface area contributed by atoms with Gasteiger partial charge in [0.1, 0.15) is 22.5 Å². The fourth-order valence-corrected chi connectivity index (χ4v) is 9.05. The Morgan fingerprint density at radius 1 is 0.345 bits per heavy atom. The largest absolute Gasteiger partial charge is 0.456 e. The number of hydrogen-bond acceptors (Lipinski definition) is 2. The molecule has 3 heterocycles. The first kappa shape index (κ1) is 30.1. The van der Waals surface area contributed by atoms with Crippen molar-refractivity contribution in [2.24, 2.45) is 0 Å². The molecule has 0 saturated carbocycles. The zero-order chi connectivity index (χ0) is 36.0. The summed E-state index contributed by atoms with van der Waals surface area (Å²) >= 11 is 0. The van der Waals surface area contributed by atoms with Gasteiger partial charge in [0, 0.05) is 32.8 Å². The van der Waals surface area contributed by atoms with Gasteiger partial charge in [-0.2, -0.15) is 0 Å². The summed E-state index contributed by atoms with van der Waals surface area (Å²) in [6, 6.07) is 67.2. The van der Waals surface area contributed by atoms with Crippen LogP contribution in [0.3, 0.4) is 0 Å². The van der Waals surface area contributed by atoms with Crippen LogP contribution in [0.5, 0.6) is 0 Å². The van der Waals surface area contributed by atoms with Crippen LogP contribution < -0.4 is 0 Å². The van der Waals surface area contributed by atoms with Gasteiger partial charge in [-0.15, -0.1) is 0 Å². The van der Waals surface area contributed by atoms with E-state index in [0.717, 1.165) is 55.5 Å². The van der Waals surface area contributed by atoms with E-state index in [1.54, 1.807) is 0 Å². The van der Waals surface area contributed by atoms with E-state index in [1.807, 2.05) is 24.3 Å². The zero-order valence-electron chi connectivity index (χ0n) is 29.7. The van der Waals surface area contributed by atoms with Gasteiger partial charge >= 0.3 is 0 Å². The van der Waals surface area contributed by atoms with Crippen molar-refractivity contribution in [3.05, 3.63) is 188 Å². The molecule has 0 spiro atoms. The third-order valence-electron chi connectivity index (χ3n) is 11.4. The molecule has 0 radical (unpaired) electrons. The Balaban J connectivity index is 1.19. The maximum absolute atomic E-state index is 6.75. The smallest absolute Gasteiger partial charge is 0.147 e. The Morgan fingerprint density at radius 2 is 0.927 bits per heavy atom. The number of rotatable bonds is 4. The second kappa shape index (κ2) is 11.6. The molecule has 0 aliphatic carbocycles. The third kappa shape index (κ3) is 4.38. The standard InChI is InChI=1S/C52H31NO2/c1-3-15-32(16-4-1)47-30-42-48(54-47)31-43(51-41-24-12-14-26-46(41)55-52(42)51)50-39-22-9-7-20-37(39)49(38-21-8-10-23-40(38)50)33-27-28-36-35-19-11-13-25-44(35)53(45(36)29-33)34-17-5-2-6-18-34/h1-31H. The number of para-hydroxylation sites is 3. The minimum absolute atomic E-state index is 0.803. The molecule has 256 valence electrons. The highest BCUT2D eigenvalue weighted by Crippen LogP contribution is 2.50. The monoisotopic (exact) mass is 701 g/mol. The van der Waals surface area contributed by atoms with Crippen molar-refractivity contribution in [1.29, 1.82) is 0 Å². The number of fused-ring (bicyclic) bond motifs is 10. The van der Waals surface area contributed by atoms with Crippen LogP contribution in [0.4, 0.5) is 0 Å². The molecule has 0 saturated heterocycles. The molecule has 55 heavy (non-hydrogen) atoms. The Morgan fingerprint density at radius 3 is 1.65 bits per heavy atom. The van der Waals surface area contributed by atoms with Gasteiger partial charge in [-0.05, 0) is 86.3 Å².